The number of hydrogen-bond donors (Lipinski definition) is 1. The molecule has 0 saturated heterocycles. The molecule has 1 N–H and O–H groups in total. The van der Waals surface area contributed by atoms with Gasteiger partial charge in [0.2, 0.25) is 5.89 Å². The van der Waals surface area contributed by atoms with E-state index in [-0.39, 0.29) is 29.9 Å². The summed E-state index contributed by atoms with van der Waals surface area (Å²) in [5.41, 5.74) is 0. The molecule has 0 saturated carbocycles. The van der Waals surface area contributed by atoms with Crippen LogP contribution in [0.5, 0.6) is 0 Å². The standard InChI is InChI=1S/C12H15NO4S2/c1-9(6-14)7-19(15,16)8-12-13-5-10(17-12)11-3-2-4-18-11/h2-5,9,14H,6-8H2,1H3. The Kier molecular flexibility index (Phi) is 4.38. The molecule has 2 heterocycles. The van der Waals surface area contributed by atoms with Crippen LogP contribution in [0.3, 0.4) is 0 Å². The topological polar surface area (TPSA) is 80.4 Å². The first kappa shape index (κ1) is 14.2. The Morgan fingerprint density at radius 2 is 2.32 bits per heavy atom. The molecule has 2 aromatic rings. The summed E-state index contributed by atoms with van der Waals surface area (Å²) < 4.78 is 29.1. The van der Waals surface area contributed by atoms with Gasteiger partial charge in [0.15, 0.2) is 15.6 Å². The van der Waals surface area contributed by atoms with E-state index >= 15 is 0 Å². The maximum Gasteiger partial charge on any atom is 0.210 e. The van der Waals surface area contributed by atoms with E-state index in [0.29, 0.717) is 5.76 Å². The molecule has 104 valence electrons. The van der Waals surface area contributed by atoms with Crippen molar-refractivity contribution in [1.82, 2.24) is 4.98 Å². The third-order valence-electron chi connectivity index (χ3n) is 2.51. The van der Waals surface area contributed by atoms with Crippen LogP contribution in [0.15, 0.2) is 28.1 Å². The molecule has 1 unspecified atom stereocenters. The second-order valence-electron chi connectivity index (χ2n) is 4.44. The van der Waals surface area contributed by atoms with E-state index in [9.17, 15) is 8.42 Å². The molecule has 0 spiro atoms. The number of thiophene rings is 1. The van der Waals surface area contributed by atoms with Crippen molar-refractivity contribution in [3.63, 3.8) is 0 Å². The molecule has 0 amide bonds. The van der Waals surface area contributed by atoms with Crippen molar-refractivity contribution in [3.8, 4) is 10.6 Å². The van der Waals surface area contributed by atoms with Gasteiger partial charge in [-0.05, 0) is 17.4 Å². The van der Waals surface area contributed by atoms with Crippen molar-refractivity contribution < 1.29 is 17.9 Å². The lowest BCUT2D eigenvalue weighted by atomic mass is 10.2. The second-order valence-corrected chi connectivity index (χ2v) is 7.49. The number of aliphatic hydroxyl groups excluding tert-OH is 1. The molecule has 1 atom stereocenters. The molecule has 2 aromatic heterocycles. The lowest BCUT2D eigenvalue weighted by Crippen LogP contribution is -2.18. The number of nitrogens with zero attached hydrogens (tertiary/aromatic N) is 1. The van der Waals surface area contributed by atoms with E-state index in [1.54, 1.807) is 6.92 Å². The van der Waals surface area contributed by atoms with E-state index < -0.39 is 9.84 Å². The average Bonchev–Trinajstić information content (AvgIpc) is 2.97. The average molecular weight is 301 g/mol. The lowest BCUT2D eigenvalue weighted by molar-refractivity contribution is 0.249. The van der Waals surface area contributed by atoms with Crippen LogP contribution in [0.1, 0.15) is 12.8 Å². The van der Waals surface area contributed by atoms with Gasteiger partial charge >= 0.3 is 0 Å². The molecule has 2 rings (SSSR count). The molecule has 5 nitrogen and oxygen atoms in total. The van der Waals surface area contributed by atoms with E-state index in [2.05, 4.69) is 4.98 Å². The largest absolute Gasteiger partial charge is 0.439 e. The van der Waals surface area contributed by atoms with Gasteiger partial charge in [-0.3, -0.25) is 0 Å². The van der Waals surface area contributed by atoms with Gasteiger partial charge in [0.1, 0.15) is 5.75 Å². The van der Waals surface area contributed by atoms with Crippen molar-refractivity contribution in [2.75, 3.05) is 12.4 Å². The minimum atomic E-state index is -3.31. The monoisotopic (exact) mass is 301 g/mol. The summed E-state index contributed by atoms with van der Waals surface area (Å²) in [6, 6.07) is 3.78. The molecule has 0 bridgehead atoms. The maximum atomic E-state index is 11.9. The molecule has 0 fully saturated rings. The highest BCUT2D eigenvalue weighted by Gasteiger charge is 2.19. The van der Waals surface area contributed by atoms with Crippen molar-refractivity contribution in [2.45, 2.75) is 12.7 Å². The van der Waals surface area contributed by atoms with Gasteiger partial charge in [-0.1, -0.05) is 13.0 Å². The van der Waals surface area contributed by atoms with Crippen molar-refractivity contribution >= 4 is 21.2 Å². The number of oxazole rings is 1. The SMILES string of the molecule is CC(CO)CS(=O)(=O)Cc1ncc(-c2cccs2)o1. The third kappa shape index (κ3) is 3.89. The zero-order valence-corrected chi connectivity index (χ0v) is 12.1. The van der Waals surface area contributed by atoms with Crippen LogP contribution >= 0.6 is 11.3 Å². The van der Waals surface area contributed by atoms with Crippen LogP contribution in [0.2, 0.25) is 0 Å². The quantitative estimate of drug-likeness (QED) is 0.882. The summed E-state index contributed by atoms with van der Waals surface area (Å²) in [6.07, 6.45) is 1.53. The molecule has 0 aromatic carbocycles. The van der Waals surface area contributed by atoms with Crippen LogP contribution in [0, 0.1) is 5.92 Å². The number of rotatable bonds is 6. The van der Waals surface area contributed by atoms with Gasteiger partial charge in [-0.2, -0.15) is 0 Å². The Morgan fingerprint density at radius 3 is 2.95 bits per heavy atom. The van der Waals surface area contributed by atoms with Crippen molar-refractivity contribution in [3.05, 3.63) is 29.6 Å². The van der Waals surface area contributed by atoms with Crippen LogP contribution in [0.4, 0.5) is 0 Å². The molecule has 0 aliphatic heterocycles. The van der Waals surface area contributed by atoms with E-state index in [0.717, 1.165) is 4.88 Å². The van der Waals surface area contributed by atoms with Gasteiger partial charge in [0.05, 0.1) is 16.8 Å². The molecule has 19 heavy (non-hydrogen) atoms. The summed E-state index contributed by atoms with van der Waals surface area (Å²) in [5.74, 6) is 0.184. The predicted octanol–water partition coefficient (Wildman–Crippen LogP) is 1.95. The first-order valence-electron chi connectivity index (χ1n) is 5.80. The Morgan fingerprint density at radius 1 is 1.53 bits per heavy atom. The van der Waals surface area contributed by atoms with Crippen molar-refractivity contribution in [2.24, 2.45) is 5.92 Å². The molecule has 0 radical (unpaired) electrons. The maximum absolute atomic E-state index is 11.9. The van der Waals surface area contributed by atoms with Crippen LogP contribution in [0.25, 0.3) is 10.6 Å². The molecule has 0 aliphatic carbocycles. The highest BCUT2D eigenvalue weighted by molar-refractivity contribution is 7.90. The van der Waals surface area contributed by atoms with Crippen LogP contribution in [-0.4, -0.2) is 30.9 Å². The third-order valence-corrected chi connectivity index (χ3v) is 5.16. The van der Waals surface area contributed by atoms with Gasteiger partial charge in [-0.15, -0.1) is 11.3 Å². The molecule has 0 aliphatic rings. The molecule has 7 heteroatoms. The van der Waals surface area contributed by atoms with Crippen LogP contribution < -0.4 is 0 Å². The Hall–Kier alpha value is -1.18. The summed E-state index contributed by atoms with van der Waals surface area (Å²) >= 11 is 1.51. The lowest BCUT2D eigenvalue weighted by Gasteiger charge is -2.06. The Balaban J connectivity index is 2.08. The minimum Gasteiger partial charge on any atom is -0.439 e. The predicted molar refractivity (Wildman–Crippen MR) is 73.6 cm³/mol. The normalized spacial score (nSPS) is 13.6. The summed E-state index contributed by atoms with van der Waals surface area (Å²) in [7, 11) is -3.31. The van der Waals surface area contributed by atoms with E-state index in [1.165, 1.54) is 17.5 Å². The van der Waals surface area contributed by atoms with E-state index in [1.807, 2.05) is 17.5 Å². The zero-order chi connectivity index (χ0) is 13.9. The highest BCUT2D eigenvalue weighted by atomic mass is 32.2. The van der Waals surface area contributed by atoms with Crippen molar-refractivity contribution in [1.29, 1.82) is 0 Å². The molecular weight excluding hydrogens is 286 g/mol. The first-order chi connectivity index (χ1) is 9.00. The van der Waals surface area contributed by atoms with E-state index in [4.69, 9.17) is 9.52 Å². The number of aliphatic hydroxyl groups is 1. The smallest absolute Gasteiger partial charge is 0.210 e. The van der Waals surface area contributed by atoms with Gasteiger partial charge in [0, 0.05) is 6.61 Å². The second kappa shape index (κ2) is 5.85. The van der Waals surface area contributed by atoms with Crippen LogP contribution in [-0.2, 0) is 15.6 Å². The summed E-state index contributed by atoms with van der Waals surface area (Å²) in [6.45, 7) is 1.54. The highest BCUT2D eigenvalue weighted by Crippen LogP contribution is 2.25. The van der Waals surface area contributed by atoms with Gasteiger partial charge < -0.3 is 9.52 Å². The van der Waals surface area contributed by atoms with Gasteiger partial charge in [-0.25, -0.2) is 13.4 Å². The summed E-state index contributed by atoms with van der Waals surface area (Å²) in [4.78, 5) is 4.91. The Labute approximate surface area is 115 Å². The summed E-state index contributed by atoms with van der Waals surface area (Å²) in [5, 5.41) is 10.8. The number of hydrogen-bond acceptors (Lipinski definition) is 6. The fraction of sp³-hybridized carbons (Fsp3) is 0.417. The Bertz CT molecular complexity index is 616. The molecular formula is C12H15NO4S2. The number of sulfone groups is 1. The fourth-order valence-corrected chi connectivity index (χ4v) is 3.91. The van der Waals surface area contributed by atoms with Gasteiger partial charge in [0.25, 0.3) is 0 Å². The number of aromatic nitrogens is 1. The minimum absolute atomic E-state index is 0.0692. The fourth-order valence-electron chi connectivity index (χ4n) is 1.64. The first-order valence-corrected chi connectivity index (χ1v) is 8.50. The zero-order valence-electron chi connectivity index (χ0n) is 10.4.